The zero-order chi connectivity index (χ0) is 43.6. The summed E-state index contributed by atoms with van der Waals surface area (Å²) in [5.41, 5.74) is 11.4. The van der Waals surface area contributed by atoms with Gasteiger partial charge in [0.05, 0.1) is 11.0 Å². The lowest BCUT2D eigenvalue weighted by atomic mass is 9.93. The molecule has 10 nitrogen and oxygen atoms in total. The van der Waals surface area contributed by atoms with Crippen molar-refractivity contribution in [2.45, 2.75) is 99.8 Å². The normalized spacial score (nSPS) is 12.2. The van der Waals surface area contributed by atoms with E-state index in [1.165, 1.54) is 6.07 Å². The Labute approximate surface area is 353 Å². The molecule has 0 radical (unpaired) electrons. The highest BCUT2D eigenvalue weighted by Crippen LogP contribution is 2.44. The largest absolute Gasteiger partial charge is 0.456 e. The molecule has 2 aliphatic rings. The molecule has 0 atom stereocenters. The number of carbonyl (C=O) groups is 2. The Kier molecular flexibility index (Phi) is 13.0. The van der Waals surface area contributed by atoms with E-state index < -0.39 is 10.1 Å². The zero-order valence-corrected chi connectivity index (χ0v) is 37.1. The third-order valence-corrected chi connectivity index (χ3v) is 12.7. The second-order valence-corrected chi connectivity index (χ2v) is 17.2. The summed E-state index contributed by atoms with van der Waals surface area (Å²) in [6.07, 6.45) is 3.00. The number of fused-ring (bicyclic) bond motifs is 2. The molecule has 11 heteroatoms. The molecule has 0 saturated carbocycles. The third kappa shape index (κ3) is 8.74. The van der Waals surface area contributed by atoms with Crippen molar-refractivity contribution in [2.24, 2.45) is 16.8 Å². The van der Waals surface area contributed by atoms with E-state index in [9.17, 15) is 22.6 Å². The maximum atomic E-state index is 13.2. The Bertz CT molecular complexity index is 2780. The number of hydrogen-bond acceptors (Lipinski definition) is 7. The predicted octanol–water partition coefficient (Wildman–Crippen LogP) is 12.0. The van der Waals surface area contributed by atoms with Crippen molar-refractivity contribution < 1.29 is 27.0 Å². The molecule has 0 fully saturated rings. The summed E-state index contributed by atoms with van der Waals surface area (Å²) in [7, 11) is -4.61. The molecule has 6 rings (SSSR count). The van der Waals surface area contributed by atoms with Crippen LogP contribution in [0.1, 0.15) is 86.8 Å². The lowest BCUT2D eigenvalue weighted by Gasteiger charge is -2.22. The van der Waals surface area contributed by atoms with Gasteiger partial charge in [0.2, 0.25) is 11.8 Å². The fraction of sp³-hybridized carbons (Fsp3) is 0.327. The van der Waals surface area contributed by atoms with Crippen LogP contribution in [0.5, 0.6) is 0 Å². The molecule has 60 heavy (non-hydrogen) atoms. The van der Waals surface area contributed by atoms with Crippen LogP contribution in [-0.2, 0) is 19.7 Å². The fourth-order valence-corrected chi connectivity index (χ4v) is 9.07. The van der Waals surface area contributed by atoms with Crippen molar-refractivity contribution in [3.63, 3.8) is 0 Å². The molecule has 0 bridgehead atoms. The number of carbonyl (C=O) groups excluding carboxylic acids is 2. The van der Waals surface area contributed by atoms with Gasteiger partial charge in [-0.15, -0.1) is 0 Å². The van der Waals surface area contributed by atoms with Crippen LogP contribution in [0.3, 0.4) is 0 Å². The molecule has 0 spiro atoms. The summed E-state index contributed by atoms with van der Waals surface area (Å²) in [5, 5.41) is 11.1. The first-order valence-corrected chi connectivity index (χ1v) is 22.2. The van der Waals surface area contributed by atoms with E-state index in [0.29, 0.717) is 44.5 Å². The minimum Gasteiger partial charge on any atom is -0.456 e. The van der Waals surface area contributed by atoms with Crippen molar-refractivity contribution in [2.75, 3.05) is 16.0 Å². The summed E-state index contributed by atoms with van der Waals surface area (Å²) in [4.78, 5) is 31.2. The van der Waals surface area contributed by atoms with Gasteiger partial charge in [0.15, 0.2) is 0 Å². The molecule has 1 aliphatic carbocycles. The second kappa shape index (κ2) is 17.8. The smallest absolute Gasteiger partial charge is 0.295 e. The van der Waals surface area contributed by atoms with Crippen LogP contribution >= 0.6 is 0 Å². The summed E-state index contributed by atoms with van der Waals surface area (Å²) >= 11 is 0. The average molecular weight is 829 g/mol. The number of aryl methyl sites for hydroxylation is 4. The Balaban J connectivity index is 1.53. The standard InChI is InChI=1S/C49H56N4O6S/c1-11-33(12-2)48(54)52-46-29(7)23-27(5)44(31(46)9)50-35-19-21-37-40(25-35)59-41-26-36(20-22-38(41)43(37)39-17-15-16-18-42(39)60(56,57)58)51-45-28(6)24-30(8)47(32(45)10)53-49(55)34(13-3)14-4/h15-26,33-34,50H,11-14H2,1-10H3,(H,52,54)(H,53,55)(H,56,57,58). The Morgan fingerprint density at radius 1 is 0.667 bits per heavy atom. The van der Waals surface area contributed by atoms with Crippen LogP contribution in [0, 0.1) is 53.4 Å². The van der Waals surface area contributed by atoms with Crippen LogP contribution in [0.4, 0.5) is 28.4 Å². The maximum Gasteiger partial charge on any atom is 0.295 e. The summed E-state index contributed by atoms with van der Waals surface area (Å²) in [6, 6.07) is 21.6. The van der Waals surface area contributed by atoms with Crippen molar-refractivity contribution in [3.05, 3.63) is 112 Å². The van der Waals surface area contributed by atoms with Gasteiger partial charge in [0.25, 0.3) is 10.1 Å². The lowest BCUT2D eigenvalue weighted by molar-refractivity contribution is -0.120. The first kappa shape index (κ1) is 43.8. The molecular formula is C49H56N4O6S. The van der Waals surface area contributed by atoms with Crippen LogP contribution < -0.4 is 21.3 Å². The van der Waals surface area contributed by atoms with Gasteiger partial charge >= 0.3 is 0 Å². The molecule has 1 aliphatic heterocycles. The Morgan fingerprint density at radius 3 is 1.83 bits per heavy atom. The van der Waals surface area contributed by atoms with Gasteiger partial charge in [-0.25, -0.2) is 4.99 Å². The maximum absolute atomic E-state index is 13.2. The van der Waals surface area contributed by atoms with Gasteiger partial charge in [-0.2, -0.15) is 8.42 Å². The van der Waals surface area contributed by atoms with E-state index in [4.69, 9.17) is 9.41 Å². The van der Waals surface area contributed by atoms with Crippen molar-refractivity contribution in [1.82, 2.24) is 0 Å². The summed E-state index contributed by atoms with van der Waals surface area (Å²) in [5.74, 6) is 0.257. The predicted molar refractivity (Wildman–Crippen MR) is 243 cm³/mol. The van der Waals surface area contributed by atoms with E-state index in [2.05, 4.69) is 16.0 Å². The number of nitrogens with zero attached hydrogens (tertiary/aromatic N) is 1. The molecule has 4 aromatic carbocycles. The highest BCUT2D eigenvalue weighted by molar-refractivity contribution is 7.86. The second-order valence-electron chi connectivity index (χ2n) is 15.8. The number of nitrogens with one attached hydrogen (secondary N) is 3. The topological polar surface area (TPSA) is 150 Å². The molecule has 4 aromatic rings. The third-order valence-electron chi connectivity index (χ3n) is 11.8. The van der Waals surface area contributed by atoms with Gasteiger partial charge in [0, 0.05) is 68.8 Å². The average Bonchev–Trinajstić information content (AvgIpc) is 3.20. The minimum atomic E-state index is -4.61. The van der Waals surface area contributed by atoms with Gasteiger partial charge < -0.3 is 20.4 Å². The van der Waals surface area contributed by atoms with E-state index in [-0.39, 0.29) is 28.5 Å². The SMILES string of the molecule is CCC(CC)C(=O)Nc1c(C)cc(C)c(N=c2ccc3c(-c4ccccc4S(=O)(=O)O)c4ccc(Nc5c(C)cc(C)c(NC(=O)C(CC)CC)c5C)cc4oc-3c2)c1C. The summed E-state index contributed by atoms with van der Waals surface area (Å²) in [6.45, 7) is 20.0. The molecule has 0 saturated heterocycles. The number of anilines is 4. The molecule has 1 heterocycles. The molecule has 0 aromatic heterocycles. The Morgan fingerprint density at radius 2 is 1.23 bits per heavy atom. The number of benzene rings is 5. The van der Waals surface area contributed by atoms with Crippen LogP contribution in [0.2, 0.25) is 0 Å². The summed E-state index contributed by atoms with van der Waals surface area (Å²) < 4.78 is 42.6. The zero-order valence-electron chi connectivity index (χ0n) is 36.3. The van der Waals surface area contributed by atoms with Gasteiger partial charge in [-0.3, -0.25) is 14.1 Å². The van der Waals surface area contributed by atoms with Gasteiger partial charge in [-0.1, -0.05) is 58.0 Å². The van der Waals surface area contributed by atoms with Crippen molar-refractivity contribution in [3.8, 4) is 22.5 Å². The van der Waals surface area contributed by atoms with Crippen LogP contribution in [-0.4, -0.2) is 24.8 Å². The highest BCUT2D eigenvalue weighted by atomic mass is 32.2. The number of hydrogen-bond donors (Lipinski definition) is 4. The van der Waals surface area contributed by atoms with E-state index >= 15 is 0 Å². The first-order valence-electron chi connectivity index (χ1n) is 20.7. The lowest BCUT2D eigenvalue weighted by Crippen LogP contribution is -2.23. The van der Waals surface area contributed by atoms with Crippen molar-refractivity contribution >= 4 is 61.3 Å². The van der Waals surface area contributed by atoms with Gasteiger partial charge in [-0.05, 0) is 131 Å². The van der Waals surface area contributed by atoms with Crippen molar-refractivity contribution in [1.29, 1.82) is 0 Å². The van der Waals surface area contributed by atoms with Crippen LogP contribution in [0.15, 0.2) is 87.1 Å². The molecular weight excluding hydrogens is 773 g/mol. The van der Waals surface area contributed by atoms with E-state index in [0.717, 1.165) is 81.8 Å². The first-order chi connectivity index (χ1) is 28.5. The quantitative estimate of drug-likeness (QED) is 0.0668. The molecule has 0 unspecified atom stereocenters. The molecule has 2 amide bonds. The number of rotatable bonds is 13. The monoisotopic (exact) mass is 828 g/mol. The van der Waals surface area contributed by atoms with E-state index in [1.54, 1.807) is 18.2 Å². The molecule has 4 N–H and O–H groups in total. The van der Waals surface area contributed by atoms with Crippen LogP contribution in [0.25, 0.3) is 33.4 Å². The number of amides is 2. The highest BCUT2D eigenvalue weighted by Gasteiger charge is 2.25. The fourth-order valence-electron chi connectivity index (χ4n) is 8.37. The van der Waals surface area contributed by atoms with Gasteiger partial charge in [0.1, 0.15) is 16.2 Å². The Hall–Kier alpha value is -5.78. The van der Waals surface area contributed by atoms with E-state index in [1.807, 2.05) is 118 Å². The minimum absolute atomic E-state index is 0.00168. The molecule has 314 valence electrons.